The number of quaternary nitrogens is 1. The zero-order chi connectivity index (χ0) is 38.6. The van der Waals surface area contributed by atoms with Gasteiger partial charge in [0.2, 0.25) is 5.91 Å². The zero-order valence-electron chi connectivity index (χ0n) is 34.8. The smallest absolute Gasteiger partial charge is 0.268 e. The Hall–Kier alpha value is -1.02. The Bertz CT molecular complexity index is 907. The zero-order valence-corrected chi connectivity index (χ0v) is 35.7. The van der Waals surface area contributed by atoms with Crippen LogP contribution in [-0.4, -0.2) is 68.5 Å². The lowest BCUT2D eigenvalue weighted by Crippen LogP contribution is -2.45. The third-order valence-corrected chi connectivity index (χ3v) is 10.6. The maximum Gasteiger partial charge on any atom is 0.268 e. The number of phosphoric ester groups is 1. The number of nitrogens with zero attached hydrogens (tertiary/aromatic N) is 1. The van der Waals surface area contributed by atoms with Gasteiger partial charge in [-0.25, -0.2) is 0 Å². The molecule has 3 unspecified atom stereocenters. The average molecular weight is 757 g/mol. The van der Waals surface area contributed by atoms with E-state index in [1.807, 2.05) is 27.2 Å². The number of rotatable bonds is 39. The number of carbonyl (C=O) groups excluding carboxylic acids is 1. The van der Waals surface area contributed by atoms with Crippen LogP contribution in [0, 0.1) is 0 Å². The van der Waals surface area contributed by atoms with Crippen LogP contribution in [-0.2, 0) is 18.4 Å². The third-order valence-electron chi connectivity index (χ3n) is 9.66. The number of unbranched alkanes of at least 4 members (excludes halogenated alkanes) is 24. The van der Waals surface area contributed by atoms with Gasteiger partial charge in [0.15, 0.2) is 0 Å². The monoisotopic (exact) mass is 757 g/mol. The van der Waals surface area contributed by atoms with Crippen LogP contribution < -0.4 is 10.2 Å². The quantitative estimate of drug-likeness (QED) is 0.0280. The number of carbonyl (C=O) groups is 1. The van der Waals surface area contributed by atoms with E-state index < -0.39 is 20.0 Å². The first-order valence-electron chi connectivity index (χ1n) is 21.7. The molecule has 1 amide bonds. The summed E-state index contributed by atoms with van der Waals surface area (Å²) in [4.78, 5) is 25.2. The molecule has 0 bridgehead atoms. The molecule has 0 aromatic rings. The summed E-state index contributed by atoms with van der Waals surface area (Å²) < 4.78 is 23.2. The molecule has 8 nitrogen and oxygen atoms in total. The molecule has 0 saturated heterocycles. The largest absolute Gasteiger partial charge is 0.756 e. The molecule has 0 spiro atoms. The highest BCUT2D eigenvalue weighted by Gasteiger charge is 2.23. The number of hydrogen-bond acceptors (Lipinski definition) is 6. The second-order valence-corrected chi connectivity index (χ2v) is 17.5. The molecule has 0 heterocycles. The van der Waals surface area contributed by atoms with E-state index in [2.05, 4.69) is 31.3 Å². The molecule has 0 aliphatic carbocycles. The lowest BCUT2D eigenvalue weighted by Gasteiger charge is -2.29. The number of allylic oxidation sites excluding steroid dienone is 3. The summed E-state index contributed by atoms with van der Waals surface area (Å²) in [5.74, 6) is -0.203. The van der Waals surface area contributed by atoms with Gasteiger partial charge in [-0.3, -0.25) is 9.36 Å². The van der Waals surface area contributed by atoms with Gasteiger partial charge in [0.25, 0.3) is 7.82 Å². The summed E-state index contributed by atoms with van der Waals surface area (Å²) in [6.45, 7) is 4.63. The van der Waals surface area contributed by atoms with E-state index in [1.165, 1.54) is 135 Å². The number of nitrogens with one attached hydrogen (secondary N) is 1. The fraction of sp³-hybridized carbons (Fsp3) is 0.884. The molecule has 52 heavy (non-hydrogen) atoms. The van der Waals surface area contributed by atoms with Crippen LogP contribution in [0.15, 0.2) is 24.3 Å². The highest BCUT2D eigenvalue weighted by molar-refractivity contribution is 7.45. The lowest BCUT2D eigenvalue weighted by molar-refractivity contribution is -0.870. The van der Waals surface area contributed by atoms with E-state index in [4.69, 9.17) is 9.05 Å². The summed E-state index contributed by atoms with van der Waals surface area (Å²) in [5.41, 5.74) is 0. The predicted molar refractivity (Wildman–Crippen MR) is 219 cm³/mol. The van der Waals surface area contributed by atoms with Gasteiger partial charge in [-0.15, -0.1) is 0 Å². The van der Waals surface area contributed by atoms with Gasteiger partial charge in [0.05, 0.1) is 39.9 Å². The molecule has 0 aliphatic rings. The number of aliphatic hydroxyl groups is 1. The second kappa shape index (κ2) is 35.7. The van der Waals surface area contributed by atoms with Crippen molar-refractivity contribution in [1.29, 1.82) is 0 Å². The Labute approximate surface area is 322 Å². The number of likely N-dealkylation sites (N-methyl/N-ethyl adjacent to an activating group) is 1. The normalized spacial score (nSPS) is 14.7. The van der Waals surface area contributed by atoms with Crippen molar-refractivity contribution in [2.24, 2.45) is 0 Å². The van der Waals surface area contributed by atoms with E-state index in [1.54, 1.807) is 6.08 Å². The van der Waals surface area contributed by atoms with Crippen LogP contribution in [0.3, 0.4) is 0 Å². The van der Waals surface area contributed by atoms with E-state index in [-0.39, 0.29) is 19.1 Å². The van der Waals surface area contributed by atoms with Crippen molar-refractivity contribution in [2.45, 2.75) is 206 Å². The molecule has 0 fully saturated rings. The summed E-state index contributed by atoms with van der Waals surface area (Å²) in [7, 11) is 1.26. The molecule has 2 N–H and O–H groups in total. The Kier molecular flexibility index (Phi) is 35.0. The molecular weight excluding hydrogens is 671 g/mol. The van der Waals surface area contributed by atoms with E-state index >= 15 is 0 Å². The first-order chi connectivity index (χ1) is 25.0. The first-order valence-corrected chi connectivity index (χ1v) is 23.2. The number of hydrogen-bond donors (Lipinski definition) is 2. The van der Waals surface area contributed by atoms with Gasteiger partial charge < -0.3 is 28.8 Å². The molecule has 0 aromatic heterocycles. The minimum atomic E-state index is -4.58. The SMILES string of the molecule is CCCCCC/C=C\CCCCCCCCCC(=O)NC(COP(=O)([O-])OCC[N+](C)(C)C)C(O)/C=C/CCCCCCCCCCCCCCC. The Morgan fingerprint density at radius 2 is 1.06 bits per heavy atom. The van der Waals surface area contributed by atoms with E-state index in [9.17, 15) is 19.4 Å². The molecule has 0 radical (unpaired) electrons. The van der Waals surface area contributed by atoms with Crippen molar-refractivity contribution < 1.29 is 32.9 Å². The maximum atomic E-state index is 12.8. The minimum Gasteiger partial charge on any atom is -0.756 e. The number of aliphatic hydroxyl groups excluding tert-OH is 1. The first kappa shape index (κ1) is 51.0. The molecule has 0 saturated carbocycles. The Morgan fingerprint density at radius 3 is 1.52 bits per heavy atom. The van der Waals surface area contributed by atoms with Crippen molar-refractivity contribution in [1.82, 2.24) is 5.32 Å². The van der Waals surface area contributed by atoms with Crippen molar-refractivity contribution in [3.63, 3.8) is 0 Å². The topological polar surface area (TPSA) is 108 Å². The van der Waals surface area contributed by atoms with Crippen LogP contribution in [0.5, 0.6) is 0 Å². The van der Waals surface area contributed by atoms with Gasteiger partial charge in [0.1, 0.15) is 13.2 Å². The highest BCUT2D eigenvalue weighted by Crippen LogP contribution is 2.38. The molecule has 3 atom stereocenters. The summed E-state index contributed by atoms with van der Waals surface area (Å²) in [6.07, 6.45) is 40.7. The summed E-state index contributed by atoms with van der Waals surface area (Å²) in [6, 6.07) is -0.884. The van der Waals surface area contributed by atoms with Crippen LogP contribution in [0.2, 0.25) is 0 Å². The van der Waals surface area contributed by atoms with Crippen LogP contribution in [0.4, 0.5) is 0 Å². The van der Waals surface area contributed by atoms with Crippen LogP contribution in [0.1, 0.15) is 194 Å². The Balaban J connectivity index is 4.46. The van der Waals surface area contributed by atoms with Gasteiger partial charge in [0, 0.05) is 6.42 Å². The molecule has 308 valence electrons. The van der Waals surface area contributed by atoms with E-state index in [0.29, 0.717) is 17.4 Å². The van der Waals surface area contributed by atoms with Gasteiger partial charge in [-0.05, 0) is 44.9 Å². The standard InChI is InChI=1S/C43H85N2O6P/c1-6-8-10-12-14-16-18-20-22-24-26-28-30-32-34-36-42(46)41(40-51-52(48,49)50-39-38-45(3,4)5)44-43(47)37-35-33-31-29-27-25-23-21-19-17-15-13-11-9-7-2/h17,19,34,36,41-42,46H,6-16,18,20-33,35,37-40H2,1-5H3,(H-,44,47,48,49)/b19-17-,36-34+. The molecular formula is C43H85N2O6P. The summed E-state index contributed by atoms with van der Waals surface area (Å²) in [5, 5.41) is 13.8. The lowest BCUT2D eigenvalue weighted by atomic mass is 10.0. The van der Waals surface area contributed by atoms with Gasteiger partial charge in [-0.2, -0.15) is 0 Å². The van der Waals surface area contributed by atoms with Crippen LogP contribution >= 0.6 is 7.82 Å². The van der Waals surface area contributed by atoms with Gasteiger partial charge >= 0.3 is 0 Å². The predicted octanol–water partition coefficient (Wildman–Crippen LogP) is 11.1. The number of phosphoric acid groups is 1. The molecule has 0 rings (SSSR count). The molecule has 0 aliphatic heterocycles. The minimum absolute atomic E-state index is 0.000866. The third kappa shape index (κ3) is 37.3. The van der Waals surface area contributed by atoms with Gasteiger partial charge in [-0.1, -0.05) is 167 Å². The number of amides is 1. The maximum absolute atomic E-state index is 12.8. The highest BCUT2D eigenvalue weighted by atomic mass is 31.2. The fourth-order valence-corrected chi connectivity index (χ4v) is 6.87. The van der Waals surface area contributed by atoms with Crippen molar-refractivity contribution >= 4 is 13.7 Å². The van der Waals surface area contributed by atoms with Crippen LogP contribution in [0.25, 0.3) is 0 Å². The van der Waals surface area contributed by atoms with Crippen molar-refractivity contribution in [3.8, 4) is 0 Å². The van der Waals surface area contributed by atoms with Crippen molar-refractivity contribution in [3.05, 3.63) is 24.3 Å². The van der Waals surface area contributed by atoms with Crippen molar-refractivity contribution in [2.75, 3.05) is 40.9 Å². The summed E-state index contributed by atoms with van der Waals surface area (Å²) >= 11 is 0. The molecule has 0 aromatic carbocycles. The van der Waals surface area contributed by atoms with E-state index in [0.717, 1.165) is 38.5 Å². The second-order valence-electron chi connectivity index (χ2n) is 16.0. The Morgan fingerprint density at radius 1 is 0.654 bits per heavy atom. The average Bonchev–Trinajstić information content (AvgIpc) is 3.09. The fourth-order valence-electron chi connectivity index (χ4n) is 6.15. The molecule has 9 heteroatoms.